The summed E-state index contributed by atoms with van der Waals surface area (Å²) in [4.78, 5) is 15.6. The summed E-state index contributed by atoms with van der Waals surface area (Å²) in [7, 11) is 0. The van der Waals surface area contributed by atoms with Crippen LogP contribution in [0.1, 0.15) is 37.5 Å². The van der Waals surface area contributed by atoms with Crippen molar-refractivity contribution in [3.63, 3.8) is 0 Å². The molecule has 6 nitrogen and oxygen atoms in total. The van der Waals surface area contributed by atoms with E-state index in [1.807, 2.05) is 24.3 Å². The fourth-order valence-corrected chi connectivity index (χ4v) is 3.49. The third kappa shape index (κ3) is 3.22. The number of carbonyl (C=O) groups is 1. The van der Waals surface area contributed by atoms with Crippen LogP contribution in [-0.2, 0) is 4.79 Å². The normalized spacial score (nSPS) is 20.7. The molecule has 1 aliphatic carbocycles. The summed E-state index contributed by atoms with van der Waals surface area (Å²) < 4.78 is 5.82. The summed E-state index contributed by atoms with van der Waals surface area (Å²) in [5.74, 6) is 0.0953. The van der Waals surface area contributed by atoms with Gasteiger partial charge in [-0.3, -0.25) is 4.79 Å². The zero-order chi connectivity index (χ0) is 17.4. The number of rotatable bonds is 3. The Hall–Kier alpha value is -2.47. The Morgan fingerprint density at radius 3 is 2.68 bits per heavy atom. The maximum absolute atomic E-state index is 11.0. The second-order valence-corrected chi connectivity index (χ2v) is 6.80. The number of halogens is 1. The fraction of sp³-hybridized carbons (Fsp3) is 0.333. The Morgan fingerprint density at radius 2 is 1.92 bits per heavy atom. The maximum Gasteiger partial charge on any atom is 0.306 e. The van der Waals surface area contributed by atoms with E-state index in [4.69, 9.17) is 21.1 Å². The van der Waals surface area contributed by atoms with Crippen molar-refractivity contribution in [2.75, 3.05) is 0 Å². The van der Waals surface area contributed by atoms with Crippen molar-refractivity contribution in [1.29, 1.82) is 0 Å². The molecule has 0 aliphatic heterocycles. The summed E-state index contributed by atoms with van der Waals surface area (Å²) in [5, 5.41) is 19.0. The number of carboxylic acid groups (broad SMARTS) is 1. The molecule has 0 spiro atoms. The number of hydrogen-bond donors (Lipinski definition) is 1. The van der Waals surface area contributed by atoms with Crippen LogP contribution in [-0.4, -0.2) is 26.3 Å². The third-order valence-corrected chi connectivity index (χ3v) is 4.97. The molecule has 0 atom stereocenters. The number of carboxylic acids is 1. The van der Waals surface area contributed by atoms with Gasteiger partial charge in [-0.25, -0.2) is 4.98 Å². The zero-order valence-electron chi connectivity index (χ0n) is 13.4. The van der Waals surface area contributed by atoms with Gasteiger partial charge in [-0.2, -0.15) is 0 Å². The van der Waals surface area contributed by atoms with Crippen LogP contribution in [0.4, 0.5) is 0 Å². The average Bonchev–Trinajstić information content (AvgIpc) is 3.11. The highest BCUT2D eigenvalue weighted by atomic mass is 35.5. The van der Waals surface area contributed by atoms with Crippen LogP contribution in [0.15, 0.2) is 34.7 Å². The lowest BCUT2D eigenvalue weighted by Gasteiger charge is -2.23. The highest BCUT2D eigenvalue weighted by Gasteiger charge is 2.29. The lowest BCUT2D eigenvalue weighted by Crippen LogP contribution is -2.20. The van der Waals surface area contributed by atoms with Crippen molar-refractivity contribution < 1.29 is 14.3 Å². The van der Waals surface area contributed by atoms with Crippen molar-refractivity contribution in [3.8, 4) is 11.6 Å². The van der Waals surface area contributed by atoms with Crippen LogP contribution in [0.3, 0.4) is 0 Å². The van der Waals surface area contributed by atoms with E-state index in [-0.39, 0.29) is 11.8 Å². The summed E-state index contributed by atoms with van der Waals surface area (Å²) in [6.45, 7) is 0. The number of hydrogen-bond acceptors (Lipinski definition) is 5. The van der Waals surface area contributed by atoms with E-state index in [9.17, 15) is 4.79 Å². The first-order valence-corrected chi connectivity index (χ1v) is 8.61. The lowest BCUT2D eigenvalue weighted by molar-refractivity contribution is -0.142. The summed E-state index contributed by atoms with van der Waals surface area (Å²) in [6.07, 6.45) is 2.80. The molecule has 1 N–H and O–H groups in total. The highest BCUT2D eigenvalue weighted by Crippen LogP contribution is 2.36. The molecule has 0 saturated heterocycles. The van der Waals surface area contributed by atoms with Gasteiger partial charge in [-0.05, 0) is 49.9 Å². The van der Waals surface area contributed by atoms with Crippen molar-refractivity contribution >= 4 is 28.5 Å². The molecule has 0 radical (unpaired) electrons. The van der Waals surface area contributed by atoms with Crippen LogP contribution in [0, 0.1) is 5.92 Å². The van der Waals surface area contributed by atoms with Gasteiger partial charge in [-0.15, -0.1) is 10.2 Å². The molecule has 1 saturated carbocycles. The lowest BCUT2D eigenvalue weighted by atomic mass is 9.82. The molecule has 2 aromatic heterocycles. The van der Waals surface area contributed by atoms with E-state index in [2.05, 4.69) is 15.2 Å². The van der Waals surface area contributed by atoms with Crippen LogP contribution >= 0.6 is 11.6 Å². The third-order valence-electron chi connectivity index (χ3n) is 4.74. The first-order chi connectivity index (χ1) is 12.1. The second kappa shape index (κ2) is 6.44. The van der Waals surface area contributed by atoms with E-state index in [1.165, 1.54) is 0 Å². The minimum atomic E-state index is -0.717. The molecule has 7 heteroatoms. The Labute approximate surface area is 148 Å². The number of aliphatic carboxylic acids is 1. The number of nitrogens with zero attached hydrogens (tertiary/aromatic N) is 3. The smallest absolute Gasteiger partial charge is 0.306 e. The van der Waals surface area contributed by atoms with Crippen LogP contribution in [0.5, 0.6) is 0 Å². The van der Waals surface area contributed by atoms with E-state index in [0.29, 0.717) is 35.3 Å². The maximum atomic E-state index is 11.0. The number of pyridine rings is 1. The summed E-state index contributed by atoms with van der Waals surface area (Å²) in [6, 6.07) is 9.25. The number of fused-ring (bicyclic) bond motifs is 1. The topological polar surface area (TPSA) is 89.1 Å². The van der Waals surface area contributed by atoms with Crippen molar-refractivity contribution in [1.82, 2.24) is 15.2 Å². The van der Waals surface area contributed by atoms with Crippen molar-refractivity contribution in [2.45, 2.75) is 31.6 Å². The molecule has 1 aromatic carbocycles. The quantitative estimate of drug-likeness (QED) is 0.751. The molecule has 3 aromatic rings. The van der Waals surface area contributed by atoms with Crippen LogP contribution in [0.2, 0.25) is 5.02 Å². The van der Waals surface area contributed by atoms with E-state index in [1.54, 1.807) is 6.07 Å². The van der Waals surface area contributed by atoms with Gasteiger partial charge in [0.05, 0.1) is 11.4 Å². The molecule has 1 fully saturated rings. The van der Waals surface area contributed by atoms with Gasteiger partial charge in [0, 0.05) is 16.3 Å². The van der Waals surface area contributed by atoms with E-state index in [0.717, 1.165) is 23.7 Å². The average molecular weight is 358 g/mol. The van der Waals surface area contributed by atoms with Gasteiger partial charge in [0.25, 0.3) is 5.89 Å². The monoisotopic (exact) mass is 357 g/mol. The predicted octanol–water partition coefficient (Wildman–Crippen LogP) is 4.30. The zero-order valence-corrected chi connectivity index (χ0v) is 14.1. The Kier molecular flexibility index (Phi) is 4.13. The van der Waals surface area contributed by atoms with Crippen molar-refractivity contribution in [3.05, 3.63) is 41.2 Å². The van der Waals surface area contributed by atoms with Gasteiger partial charge in [0.2, 0.25) is 5.89 Å². The van der Waals surface area contributed by atoms with E-state index >= 15 is 0 Å². The molecule has 0 bridgehead atoms. The van der Waals surface area contributed by atoms with Crippen LogP contribution in [0.25, 0.3) is 22.5 Å². The summed E-state index contributed by atoms with van der Waals surface area (Å²) in [5.41, 5.74) is 1.43. The van der Waals surface area contributed by atoms with Gasteiger partial charge in [-0.1, -0.05) is 17.7 Å². The summed E-state index contributed by atoms with van der Waals surface area (Å²) >= 11 is 5.99. The minimum absolute atomic E-state index is 0.121. The molecule has 4 rings (SSSR count). The van der Waals surface area contributed by atoms with Crippen molar-refractivity contribution in [2.24, 2.45) is 5.92 Å². The first-order valence-electron chi connectivity index (χ1n) is 8.23. The van der Waals surface area contributed by atoms with Gasteiger partial charge < -0.3 is 9.52 Å². The largest absolute Gasteiger partial charge is 0.481 e. The Bertz CT molecular complexity index is 932. The molecule has 0 amide bonds. The fourth-order valence-electron chi connectivity index (χ4n) is 3.31. The molecule has 128 valence electrons. The molecule has 2 heterocycles. The molecule has 1 aliphatic rings. The standard InChI is InChI=1S/C18H16ClN3O3/c19-13-6-8-14-12(9-13)5-7-15(20-14)17-22-21-16(25-17)10-1-3-11(4-2-10)18(23)24/h5-11H,1-4H2,(H,23,24). The van der Waals surface area contributed by atoms with Gasteiger partial charge in [0.15, 0.2) is 0 Å². The second-order valence-electron chi connectivity index (χ2n) is 6.37. The van der Waals surface area contributed by atoms with Gasteiger partial charge >= 0.3 is 5.97 Å². The Balaban J connectivity index is 1.55. The number of benzene rings is 1. The minimum Gasteiger partial charge on any atom is -0.481 e. The van der Waals surface area contributed by atoms with Gasteiger partial charge in [0.1, 0.15) is 5.69 Å². The molecule has 25 heavy (non-hydrogen) atoms. The molecular formula is C18H16ClN3O3. The van der Waals surface area contributed by atoms with E-state index < -0.39 is 5.97 Å². The molecular weight excluding hydrogens is 342 g/mol. The number of aromatic nitrogens is 3. The SMILES string of the molecule is O=C(O)C1CCC(c2nnc(-c3ccc4cc(Cl)ccc4n3)o2)CC1. The molecule has 0 unspecified atom stereocenters. The Morgan fingerprint density at radius 1 is 1.12 bits per heavy atom. The van der Waals surface area contributed by atoms with Crippen LogP contribution < -0.4 is 0 Å². The highest BCUT2D eigenvalue weighted by molar-refractivity contribution is 6.31. The first kappa shape index (κ1) is 16.0. The predicted molar refractivity (Wildman–Crippen MR) is 92.4 cm³/mol.